The van der Waals surface area contributed by atoms with E-state index in [1.807, 2.05) is 19.1 Å². The van der Waals surface area contributed by atoms with Crippen LogP contribution in [0.3, 0.4) is 0 Å². The highest BCUT2D eigenvalue weighted by atomic mass is 32.2. The molecular weight excluding hydrogens is 220 g/mol. The molecule has 1 unspecified atom stereocenters. The molecular formula is C12H20N2OS. The molecule has 1 aromatic heterocycles. The Hall–Kier alpha value is -0.580. The normalized spacial score (nSPS) is 15.1. The van der Waals surface area contributed by atoms with E-state index in [1.54, 1.807) is 24.2 Å². The summed E-state index contributed by atoms with van der Waals surface area (Å²) in [5.74, 6) is 0.839. The minimum Gasteiger partial charge on any atom is -0.394 e. The van der Waals surface area contributed by atoms with Crippen LogP contribution in [-0.2, 0) is 0 Å². The number of rotatable bonds is 6. The van der Waals surface area contributed by atoms with Crippen LogP contribution in [0.1, 0.15) is 20.8 Å². The van der Waals surface area contributed by atoms with Crippen LogP contribution in [0.2, 0.25) is 0 Å². The van der Waals surface area contributed by atoms with Crippen LogP contribution in [0.5, 0.6) is 0 Å². The fourth-order valence-electron chi connectivity index (χ4n) is 1.51. The van der Waals surface area contributed by atoms with E-state index in [0.29, 0.717) is 6.04 Å². The predicted octanol–water partition coefficient (Wildman–Crippen LogP) is 1.92. The van der Waals surface area contributed by atoms with Crippen molar-refractivity contribution in [3.63, 3.8) is 0 Å². The lowest BCUT2D eigenvalue weighted by Gasteiger charge is -2.30. The zero-order valence-corrected chi connectivity index (χ0v) is 10.9. The van der Waals surface area contributed by atoms with Crippen molar-refractivity contribution in [3.05, 3.63) is 24.5 Å². The first-order valence-electron chi connectivity index (χ1n) is 5.47. The average Bonchev–Trinajstić information content (AvgIpc) is 2.27. The SMILES string of the molecule is CC(C)NC(C)(CO)CSc1ccncc1. The highest BCUT2D eigenvalue weighted by molar-refractivity contribution is 7.99. The number of nitrogens with one attached hydrogen (secondary N) is 1. The number of nitrogens with zero attached hydrogens (tertiary/aromatic N) is 1. The van der Waals surface area contributed by atoms with E-state index < -0.39 is 0 Å². The van der Waals surface area contributed by atoms with Gasteiger partial charge in [-0.05, 0) is 19.1 Å². The van der Waals surface area contributed by atoms with Crippen LogP contribution in [0.4, 0.5) is 0 Å². The summed E-state index contributed by atoms with van der Waals surface area (Å²) in [6.45, 7) is 6.36. The van der Waals surface area contributed by atoms with Gasteiger partial charge in [-0.15, -0.1) is 11.8 Å². The third-order valence-corrected chi connectivity index (χ3v) is 3.58. The smallest absolute Gasteiger partial charge is 0.0618 e. The largest absolute Gasteiger partial charge is 0.394 e. The molecule has 4 heteroatoms. The second-order valence-electron chi connectivity index (χ2n) is 4.49. The van der Waals surface area contributed by atoms with Gasteiger partial charge in [0.2, 0.25) is 0 Å². The summed E-state index contributed by atoms with van der Waals surface area (Å²) in [5.41, 5.74) is -0.234. The lowest BCUT2D eigenvalue weighted by Crippen LogP contribution is -2.51. The Labute approximate surface area is 102 Å². The van der Waals surface area contributed by atoms with Crippen molar-refractivity contribution in [2.75, 3.05) is 12.4 Å². The van der Waals surface area contributed by atoms with Crippen molar-refractivity contribution in [1.82, 2.24) is 10.3 Å². The van der Waals surface area contributed by atoms with Gasteiger partial charge in [-0.3, -0.25) is 4.98 Å². The van der Waals surface area contributed by atoms with E-state index in [0.717, 1.165) is 5.75 Å². The van der Waals surface area contributed by atoms with E-state index in [9.17, 15) is 5.11 Å². The van der Waals surface area contributed by atoms with Crippen LogP contribution in [-0.4, -0.2) is 34.0 Å². The molecule has 0 radical (unpaired) electrons. The molecule has 0 saturated carbocycles. The fourth-order valence-corrected chi connectivity index (χ4v) is 2.48. The first kappa shape index (κ1) is 13.5. The molecule has 0 bridgehead atoms. The second kappa shape index (κ2) is 6.23. The molecule has 3 nitrogen and oxygen atoms in total. The van der Waals surface area contributed by atoms with Crippen LogP contribution in [0.25, 0.3) is 0 Å². The van der Waals surface area contributed by atoms with E-state index in [1.165, 1.54) is 4.90 Å². The van der Waals surface area contributed by atoms with Crippen molar-refractivity contribution >= 4 is 11.8 Å². The van der Waals surface area contributed by atoms with Gasteiger partial charge in [0, 0.05) is 34.6 Å². The zero-order chi connectivity index (χ0) is 12.0. The Bertz CT molecular complexity index is 305. The molecule has 0 saturated heterocycles. The third-order valence-electron chi connectivity index (χ3n) is 2.19. The van der Waals surface area contributed by atoms with Gasteiger partial charge in [-0.1, -0.05) is 13.8 Å². The van der Waals surface area contributed by atoms with Crippen LogP contribution < -0.4 is 5.32 Å². The van der Waals surface area contributed by atoms with Gasteiger partial charge in [-0.25, -0.2) is 0 Å². The maximum atomic E-state index is 9.42. The topological polar surface area (TPSA) is 45.1 Å². The molecule has 0 fully saturated rings. The number of aliphatic hydroxyl groups excluding tert-OH is 1. The maximum Gasteiger partial charge on any atom is 0.0618 e. The molecule has 1 atom stereocenters. The lowest BCUT2D eigenvalue weighted by atomic mass is 10.1. The predicted molar refractivity (Wildman–Crippen MR) is 68.7 cm³/mol. The first-order valence-corrected chi connectivity index (χ1v) is 6.46. The van der Waals surface area contributed by atoms with Gasteiger partial charge in [0.15, 0.2) is 0 Å². The zero-order valence-electron chi connectivity index (χ0n) is 10.1. The standard InChI is InChI=1S/C12H20N2OS/c1-10(2)14-12(3,8-15)9-16-11-4-6-13-7-5-11/h4-7,10,14-15H,8-9H2,1-3H3. The molecule has 2 N–H and O–H groups in total. The quantitative estimate of drug-likeness (QED) is 0.746. The second-order valence-corrected chi connectivity index (χ2v) is 5.54. The Morgan fingerprint density at radius 2 is 2.06 bits per heavy atom. The number of thioether (sulfide) groups is 1. The fraction of sp³-hybridized carbons (Fsp3) is 0.583. The molecule has 0 aliphatic carbocycles. The molecule has 90 valence electrons. The summed E-state index contributed by atoms with van der Waals surface area (Å²) in [4.78, 5) is 5.16. The van der Waals surface area contributed by atoms with E-state index in [2.05, 4.69) is 24.1 Å². The summed E-state index contributed by atoms with van der Waals surface area (Å²) in [5, 5.41) is 12.8. The number of hydrogen-bond donors (Lipinski definition) is 2. The van der Waals surface area contributed by atoms with Gasteiger partial charge in [0.1, 0.15) is 0 Å². The monoisotopic (exact) mass is 240 g/mol. The molecule has 0 aliphatic heterocycles. The van der Waals surface area contributed by atoms with Crippen molar-refractivity contribution in [3.8, 4) is 0 Å². The van der Waals surface area contributed by atoms with Gasteiger partial charge in [0.05, 0.1) is 6.61 Å². The maximum absolute atomic E-state index is 9.42. The molecule has 16 heavy (non-hydrogen) atoms. The summed E-state index contributed by atoms with van der Waals surface area (Å²) < 4.78 is 0. The Morgan fingerprint density at radius 3 is 2.56 bits per heavy atom. The molecule has 0 spiro atoms. The summed E-state index contributed by atoms with van der Waals surface area (Å²) >= 11 is 1.73. The summed E-state index contributed by atoms with van der Waals surface area (Å²) in [6, 6.07) is 4.34. The van der Waals surface area contributed by atoms with E-state index in [4.69, 9.17) is 0 Å². The molecule has 1 aromatic rings. The van der Waals surface area contributed by atoms with Crippen LogP contribution in [0.15, 0.2) is 29.4 Å². The summed E-state index contributed by atoms with van der Waals surface area (Å²) in [7, 11) is 0. The number of aliphatic hydroxyl groups is 1. The minimum atomic E-state index is -0.234. The lowest BCUT2D eigenvalue weighted by molar-refractivity contribution is 0.183. The van der Waals surface area contributed by atoms with Gasteiger partial charge in [0.25, 0.3) is 0 Å². The number of hydrogen-bond acceptors (Lipinski definition) is 4. The van der Waals surface area contributed by atoms with Crippen molar-refractivity contribution in [2.24, 2.45) is 0 Å². The van der Waals surface area contributed by atoms with E-state index >= 15 is 0 Å². The number of aromatic nitrogens is 1. The minimum absolute atomic E-state index is 0.142. The van der Waals surface area contributed by atoms with E-state index in [-0.39, 0.29) is 12.1 Å². The molecule has 1 heterocycles. The van der Waals surface area contributed by atoms with Gasteiger partial charge in [-0.2, -0.15) is 0 Å². The van der Waals surface area contributed by atoms with Gasteiger partial charge >= 0.3 is 0 Å². The molecule has 0 aliphatic rings. The average molecular weight is 240 g/mol. The number of pyridine rings is 1. The van der Waals surface area contributed by atoms with Crippen LogP contribution in [0, 0.1) is 0 Å². The molecule has 1 rings (SSSR count). The summed E-state index contributed by atoms with van der Waals surface area (Å²) in [6.07, 6.45) is 3.57. The molecule has 0 amide bonds. The third kappa shape index (κ3) is 4.51. The van der Waals surface area contributed by atoms with Crippen LogP contribution >= 0.6 is 11.8 Å². The first-order chi connectivity index (χ1) is 7.56. The van der Waals surface area contributed by atoms with Crippen molar-refractivity contribution in [1.29, 1.82) is 0 Å². The van der Waals surface area contributed by atoms with Gasteiger partial charge < -0.3 is 10.4 Å². The molecule has 0 aromatic carbocycles. The van der Waals surface area contributed by atoms with Crippen molar-refractivity contribution in [2.45, 2.75) is 37.2 Å². The Morgan fingerprint density at radius 1 is 1.44 bits per heavy atom. The highest BCUT2D eigenvalue weighted by Gasteiger charge is 2.23. The van der Waals surface area contributed by atoms with Crippen molar-refractivity contribution < 1.29 is 5.11 Å². The Balaban J connectivity index is 2.51. The highest BCUT2D eigenvalue weighted by Crippen LogP contribution is 2.22. The Kier molecular flexibility index (Phi) is 5.25.